The minimum Gasteiger partial charge on any atom is -0.377 e. The van der Waals surface area contributed by atoms with E-state index in [-0.39, 0.29) is 11.8 Å². The minimum absolute atomic E-state index is 0.198. The van der Waals surface area contributed by atoms with Crippen LogP contribution in [0.4, 0.5) is 0 Å². The highest BCUT2D eigenvalue weighted by molar-refractivity contribution is 7.89. The highest BCUT2D eigenvalue weighted by atomic mass is 32.2. The summed E-state index contributed by atoms with van der Waals surface area (Å²) < 4.78 is 33.0. The molecule has 1 aliphatic carbocycles. The number of hydrogen-bond acceptors (Lipinski definition) is 4. The average Bonchev–Trinajstić information content (AvgIpc) is 3.46. The zero-order valence-electron chi connectivity index (χ0n) is 14.9. The van der Waals surface area contributed by atoms with Crippen LogP contribution in [-0.2, 0) is 21.4 Å². The van der Waals surface area contributed by atoms with Crippen LogP contribution in [0.1, 0.15) is 37.7 Å². The molecular formula is C19H30N2O3S. The van der Waals surface area contributed by atoms with Crippen molar-refractivity contribution in [2.45, 2.75) is 44.8 Å². The molecule has 0 bridgehead atoms. The number of benzene rings is 1. The zero-order valence-corrected chi connectivity index (χ0v) is 15.7. The second-order valence-corrected chi connectivity index (χ2v) is 9.24. The Hall–Kier alpha value is -0.950. The lowest BCUT2D eigenvalue weighted by Gasteiger charge is -2.29. The maximum Gasteiger partial charge on any atom is 0.214 e. The molecule has 5 nitrogen and oxygen atoms in total. The van der Waals surface area contributed by atoms with E-state index in [9.17, 15) is 8.42 Å². The Morgan fingerprint density at radius 3 is 2.48 bits per heavy atom. The van der Waals surface area contributed by atoms with Gasteiger partial charge in [-0.15, -0.1) is 0 Å². The summed E-state index contributed by atoms with van der Waals surface area (Å²) in [4.78, 5) is 0. The van der Waals surface area contributed by atoms with Crippen LogP contribution in [0.5, 0.6) is 0 Å². The van der Waals surface area contributed by atoms with Crippen LogP contribution in [0.15, 0.2) is 30.3 Å². The van der Waals surface area contributed by atoms with E-state index < -0.39 is 10.0 Å². The Bertz CT molecular complexity index is 611. The van der Waals surface area contributed by atoms with Gasteiger partial charge in [0.2, 0.25) is 10.0 Å². The lowest BCUT2D eigenvalue weighted by molar-refractivity contribution is 0.121. The molecule has 0 radical (unpaired) electrons. The van der Waals surface area contributed by atoms with Gasteiger partial charge < -0.3 is 10.1 Å². The molecule has 0 atom stereocenters. The molecule has 2 aliphatic rings. The maximum absolute atomic E-state index is 12.8. The fourth-order valence-electron chi connectivity index (χ4n) is 3.40. The fourth-order valence-corrected chi connectivity index (χ4v) is 5.22. The molecular weight excluding hydrogens is 336 g/mol. The Labute approximate surface area is 151 Å². The number of nitrogens with one attached hydrogen (secondary N) is 1. The number of ether oxygens (including phenoxy) is 1. The lowest BCUT2D eigenvalue weighted by atomic mass is 9.98. The quantitative estimate of drug-likeness (QED) is 0.646. The summed E-state index contributed by atoms with van der Waals surface area (Å²) in [6.07, 6.45) is 4.77. The van der Waals surface area contributed by atoms with Crippen molar-refractivity contribution in [1.29, 1.82) is 0 Å². The molecule has 0 amide bonds. The van der Waals surface area contributed by atoms with Crippen LogP contribution in [-0.4, -0.2) is 50.8 Å². The average molecular weight is 367 g/mol. The molecule has 3 rings (SSSR count). The molecule has 1 saturated carbocycles. The van der Waals surface area contributed by atoms with Gasteiger partial charge in [0.05, 0.1) is 12.4 Å². The van der Waals surface area contributed by atoms with Gasteiger partial charge in [-0.2, -0.15) is 4.31 Å². The zero-order chi connectivity index (χ0) is 17.5. The normalized spacial score (nSPS) is 19.4. The number of piperidine rings is 1. The molecule has 1 aromatic rings. The van der Waals surface area contributed by atoms with E-state index in [4.69, 9.17) is 4.74 Å². The Morgan fingerprint density at radius 2 is 1.80 bits per heavy atom. The molecule has 2 fully saturated rings. The molecule has 0 spiro atoms. The van der Waals surface area contributed by atoms with Crippen molar-refractivity contribution in [3.8, 4) is 0 Å². The molecule has 1 saturated heterocycles. The second-order valence-electron chi connectivity index (χ2n) is 7.20. The topological polar surface area (TPSA) is 58.6 Å². The van der Waals surface area contributed by atoms with Crippen molar-refractivity contribution >= 4 is 10.0 Å². The first kappa shape index (κ1) is 18.8. The summed E-state index contributed by atoms with van der Waals surface area (Å²) in [7, 11) is -3.17. The van der Waals surface area contributed by atoms with Crippen LogP contribution in [0.25, 0.3) is 0 Å². The number of nitrogens with zero attached hydrogens (tertiary/aromatic N) is 1. The third-order valence-electron chi connectivity index (χ3n) is 5.01. The van der Waals surface area contributed by atoms with Crippen LogP contribution in [0.3, 0.4) is 0 Å². The molecule has 0 unspecified atom stereocenters. The van der Waals surface area contributed by atoms with Crippen molar-refractivity contribution in [3.63, 3.8) is 0 Å². The van der Waals surface area contributed by atoms with Crippen molar-refractivity contribution in [2.24, 2.45) is 5.92 Å². The molecule has 1 N–H and O–H groups in total. The van der Waals surface area contributed by atoms with Gasteiger partial charge in [-0.1, -0.05) is 30.3 Å². The summed E-state index contributed by atoms with van der Waals surface area (Å²) in [5, 5.41) is 3.35. The van der Waals surface area contributed by atoms with E-state index >= 15 is 0 Å². The second kappa shape index (κ2) is 9.12. The van der Waals surface area contributed by atoms with Crippen molar-refractivity contribution < 1.29 is 13.2 Å². The summed E-state index contributed by atoms with van der Waals surface area (Å²) >= 11 is 0. The first-order valence-corrected chi connectivity index (χ1v) is 11.1. The largest absolute Gasteiger partial charge is 0.377 e. The first-order valence-electron chi connectivity index (χ1n) is 9.47. The highest BCUT2D eigenvalue weighted by Crippen LogP contribution is 2.31. The first-order chi connectivity index (χ1) is 12.1. The van der Waals surface area contributed by atoms with Crippen molar-refractivity contribution in [1.82, 2.24) is 9.62 Å². The maximum atomic E-state index is 12.8. The molecule has 1 aromatic carbocycles. The monoisotopic (exact) mass is 366 g/mol. The molecule has 1 aliphatic heterocycles. The molecule has 25 heavy (non-hydrogen) atoms. The van der Waals surface area contributed by atoms with E-state index in [1.807, 2.05) is 30.3 Å². The van der Waals surface area contributed by atoms with E-state index in [1.54, 1.807) is 4.31 Å². The summed E-state index contributed by atoms with van der Waals surface area (Å²) in [5.74, 6) is 0.703. The van der Waals surface area contributed by atoms with E-state index in [0.29, 0.717) is 32.1 Å². The van der Waals surface area contributed by atoms with Gasteiger partial charge in [-0.05, 0) is 56.7 Å². The van der Waals surface area contributed by atoms with Gasteiger partial charge in [0, 0.05) is 19.2 Å². The molecule has 0 aromatic heterocycles. The third-order valence-corrected chi connectivity index (χ3v) is 6.98. The molecule has 1 heterocycles. The SMILES string of the molecule is O=S(=O)(CCCOCc1ccccc1)N(CC1CCNCC1)C1CC1. The van der Waals surface area contributed by atoms with Crippen LogP contribution >= 0.6 is 0 Å². The van der Waals surface area contributed by atoms with Crippen LogP contribution in [0, 0.1) is 5.92 Å². The predicted molar refractivity (Wildman–Crippen MR) is 99.8 cm³/mol. The van der Waals surface area contributed by atoms with E-state index in [1.165, 1.54) is 0 Å². The van der Waals surface area contributed by atoms with Gasteiger partial charge in [-0.25, -0.2) is 8.42 Å². The number of rotatable bonds is 10. The number of hydrogen-bond donors (Lipinski definition) is 1. The van der Waals surface area contributed by atoms with Crippen molar-refractivity contribution in [3.05, 3.63) is 35.9 Å². The molecule has 6 heteroatoms. The number of sulfonamides is 1. The summed E-state index contributed by atoms with van der Waals surface area (Å²) in [5.41, 5.74) is 1.12. The fraction of sp³-hybridized carbons (Fsp3) is 0.684. The van der Waals surface area contributed by atoms with Crippen molar-refractivity contribution in [2.75, 3.05) is 32.0 Å². The Kier molecular flexibility index (Phi) is 6.87. The van der Waals surface area contributed by atoms with E-state index in [0.717, 1.165) is 44.3 Å². The third kappa shape index (κ3) is 6.06. The van der Waals surface area contributed by atoms with Crippen LogP contribution in [0.2, 0.25) is 0 Å². The van der Waals surface area contributed by atoms with Gasteiger partial charge in [0.25, 0.3) is 0 Å². The smallest absolute Gasteiger partial charge is 0.214 e. The Balaban J connectivity index is 1.42. The minimum atomic E-state index is -3.17. The predicted octanol–water partition coefficient (Wildman–Crippen LogP) is 2.39. The lowest BCUT2D eigenvalue weighted by Crippen LogP contribution is -2.41. The standard InChI is InChI=1S/C19H30N2O3S/c22-25(23,14-4-13-24-16-18-5-2-1-3-6-18)21(19-7-8-19)15-17-9-11-20-12-10-17/h1-3,5-6,17,19-20H,4,7-16H2. The Morgan fingerprint density at radius 1 is 1.08 bits per heavy atom. The summed E-state index contributed by atoms with van der Waals surface area (Å²) in [6.45, 7) is 3.76. The van der Waals surface area contributed by atoms with Gasteiger partial charge in [-0.3, -0.25) is 0 Å². The molecule has 140 valence electrons. The van der Waals surface area contributed by atoms with Gasteiger partial charge in [0.15, 0.2) is 0 Å². The summed E-state index contributed by atoms with van der Waals surface area (Å²) in [6, 6.07) is 10.2. The van der Waals surface area contributed by atoms with Gasteiger partial charge in [0.1, 0.15) is 0 Å². The van der Waals surface area contributed by atoms with Gasteiger partial charge >= 0.3 is 0 Å². The van der Waals surface area contributed by atoms with E-state index in [2.05, 4.69) is 5.32 Å². The van der Waals surface area contributed by atoms with Crippen LogP contribution < -0.4 is 5.32 Å². The highest BCUT2D eigenvalue weighted by Gasteiger charge is 2.38.